The van der Waals surface area contributed by atoms with Crippen molar-refractivity contribution in [2.24, 2.45) is 0 Å². The van der Waals surface area contributed by atoms with Gasteiger partial charge in [0.15, 0.2) is 0 Å². The number of benzene rings is 3. The Morgan fingerprint density at radius 2 is 1.77 bits per heavy atom. The van der Waals surface area contributed by atoms with E-state index in [2.05, 4.69) is 10.6 Å². The molecule has 2 atom stereocenters. The Morgan fingerprint density at radius 1 is 1.06 bits per heavy atom. The molecule has 3 aromatic carbocycles. The number of alkyl halides is 3. The molecule has 47 heavy (non-hydrogen) atoms. The van der Waals surface area contributed by atoms with Crippen LogP contribution in [0.3, 0.4) is 0 Å². The van der Waals surface area contributed by atoms with E-state index in [0.29, 0.717) is 68.3 Å². The molecule has 0 aromatic heterocycles. The van der Waals surface area contributed by atoms with Crippen molar-refractivity contribution in [3.8, 4) is 0 Å². The molecule has 3 N–H and O–H groups in total. The topological polar surface area (TPSA) is 90.9 Å². The first kappa shape index (κ1) is 36.3. The van der Waals surface area contributed by atoms with Gasteiger partial charge in [-0.25, -0.2) is 8.78 Å². The summed E-state index contributed by atoms with van der Waals surface area (Å²) in [6, 6.07) is 11.7. The van der Waals surface area contributed by atoms with Crippen LogP contribution in [0.5, 0.6) is 0 Å². The highest BCUT2D eigenvalue weighted by atomic mass is 35.5. The Bertz CT molecular complexity index is 1560. The average molecular weight is 682 g/mol. The van der Waals surface area contributed by atoms with Crippen molar-refractivity contribution in [1.29, 1.82) is 0 Å². The molecule has 7 nitrogen and oxygen atoms in total. The zero-order chi connectivity index (χ0) is 33.1. The third-order valence-electron chi connectivity index (χ3n) is 8.58. The van der Waals surface area contributed by atoms with E-state index in [1.807, 2.05) is 6.92 Å². The van der Waals surface area contributed by atoms with Gasteiger partial charge in [-0.1, -0.05) is 18.2 Å². The SMILES string of the molecule is CCOCCN1CCc2c(C(=O)N[C@@H](Cc3cc(F)cc(F)c3)[C@H](O)CNC3(c4cccc(C(F)(F)F)c4)CC3)cccc2C1=O.Cl. The fourth-order valence-electron chi connectivity index (χ4n) is 5.96. The number of aliphatic hydroxyl groups excluding tert-OH is 1. The van der Waals surface area contributed by atoms with Crippen LogP contribution in [0.1, 0.15) is 62.7 Å². The van der Waals surface area contributed by atoms with Crippen LogP contribution in [0, 0.1) is 11.6 Å². The molecule has 3 aromatic rings. The predicted octanol–water partition coefficient (Wildman–Crippen LogP) is 5.42. The second kappa shape index (κ2) is 15.1. The molecule has 254 valence electrons. The number of hydrogen-bond donors (Lipinski definition) is 3. The molecule has 1 fully saturated rings. The zero-order valence-corrected chi connectivity index (χ0v) is 26.5. The maximum absolute atomic E-state index is 14.1. The summed E-state index contributed by atoms with van der Waals surface area (Å²) in [5.41, 5.74) is 0.247. The van der Waals surface area contributed by atoms with Crippen molar-refractivity contribution in [3.63, 3.8) is 0 Å². The molecule has 0 spiro atoms. The number of fused-ring (bicyclic) bond motifs is 1. The highest BCUT2D eigenvalue weighted by molar-refractivity contribution is 6.03. The number of nitrogens with zero attached hydrogens (tertiary/aromatic N) is 1. The van der Waals surface area contributed by atoms with Gasteiger partial charge in [0.2, 0.25) is 0 Å². The average Bonchev–Trinajstić information content (AvgIpc) is 3.81. The van der Waals surface area contributed by atoms with Gasteiger partial charge in [-0.3, -0.25) is 9.59 Å². The predicted molar refractivity (Wildman–Crippen MR) is 167 cm³/mol. The second-order valence-electron chi connectivity index (χ2n) is 11.7. The maximum atomic E-state index is 14.1. The summed E-state index contributed by atoms with van der Waals surface area (Å²) in [4.78, 5) is 28.5. The Morgan fingerprint density at radius 3 is 2.43 bits per heavy atom. The molecule has 1 aliphatic heterocycles. The number of rotatable bonds is 13. The normalized spacial score (nSPS) is 16.6. The number of ether oxygens (including phenoxy) is 1. The molecular weight excluding hydrogens is 645 g/mol. The van der Waals surface area contributed by atoms with E-state index in [1.54, 1.807) is 29.2 Å². The first-order valence-corrected chi connectivity index (χ1v) is 15.3. The summed E-state index contributed by atoms with van der Waals surface area (Å²) in [6.45, 7) is 3.46. The van der Waals surface area contributed by atoms with Crippen LogP contribution in [-0.2, 0) is 29.3 Å². The molecule has 1 saturated carbocycles. The molecular formula is C34H37ClF5N3O4. The van der Waals surface area contributed by atoms with E-state index in [4.69, 9.17) is 4.74 Å². The number of carbonyl (C=O) groups is 2. The number of nitrogens with one attached hydrogen (secondary N) is 2. The lowest BCUT2D eigenvalue weighted by atomic mass is 9.92. The largest absolute Gasteiger partial charge is 0.416 e. The lowest BCUT2D eigenvalue weighted by molar-refractivity contribution is -0.137. The number of aliphatic hydroxyl groups is 1. The third-order valence-corrected chi connectivity index (χ3v) is 8.58. The van der Waals surface area contributed by atoms with Crippen molar-refractivity contribution in [1.82, 2.24) is 15.5 Å². The first-order chi connectivity index (χ1) is 21.9. The Labute approximate surface area is 275 Å². The Hall–Kier alpha value is -3.58. The van der Waals surface area contributed by atoms with Crippen LogP contribution in [0.15, 0.2) is 60.7 Å². The van der Waals surface area contributed by atoms with Gasteiger partial charge in [0.1, 0.15) is 11.6 Å². The van der Waals surface area contributed by atoms with E-state index in [1.165, 1.54) is 6.07 Å². The summed E-state index contributed by atoms with van der Waals surface area (Å²) >= 11 is 0. The first-order valence-electron chi connectivity index (χ1n) is 15.3. The number of hydrogen-bond acceptors (Lipinski definition) is 5. The molecule has 0 unspecified atom stereocenters. The standard InChI is InChI=1S/C34H36F5N3O4.ClH/c1-2-46-14-13-42-12-9-26-27(7-4-8-28(26)32(42)45)31(44)41-29(17-21-15-24(35)19-25(36)16-21)30(43)20-40-33(10-11-33)22-5-3-6-23(18-22)34(37,38)39;/h3-8,15-16,18-19,29-30,40,43H,2,9-14,17,20H2,1H3,(H,41,44);1H/t29-,30+;/m0./s1. The second-order valence-corrected chi connectivity index (χ2v) is 11.7. The number of halogens is 6. The molecule has 0 radical (unpaired) electrons. The van der Waals surface area contributed by atoms with Gasteiger partial charge in [0.25, 0.3) is 11.8 Å². The monoisotopic (exact) mass is 681 g/mol. The van der Waals surface area contributed by atoms with E-state index < -0.39 is 47.0 Å². The summed E-state index contributed by atoms with van der Waals surface area (Å²) in [6.07, 6.45) is -4.45. The van der Waals surface area contributed by atoms with Crippen molar-refractivity contribution < 1.29 is 41.4 Å². The lowest BCUT2D eigenvalue weighted by Gasteiger charge is -2.30. The lowest BCUT2D eigenvalue weighted by Crippen LogP contribution is -2.50. The number of amides is 2. The van der Waals surface area contributed by atoms with Gasteiger partial charge in [-0.15, -0.1) is 12.4 Å². The zero-order valence-electron chi connectivity index (χ0n) is 25.7. The van der Waals surface area contributed by atoms with E-state index >= 15 is 0 Å². The molecule has 2 aliphatic rings. The van der Waals surface area contributed by atoms with Crippen molar-refractivity contribution >= 4 is 24.2 Å². The third kappa shape index (κ3) is 8.67. The summed E-state index contributed by atoms with van der Waals surface area (Å²) in [5, 5.41) is 17.3. The van der Waals surface area contributed by atoms with Crippen LogP contribution >= 0.6 is 12.4 Å². The van der Waals surface area contributed by atoms with Gasteiger partial charge in [-0.2, -0.15) is 13.2 Å². The molecule has 1 heterocycles. The van der Waals surface area contributed by atoms with Crippen LogP contribution in [0.4, 0.5) is 22.0 Å². The highest BCUT2D eigenvalue weighted by Gasteiger charge is 2.45. The fourth-order valence-corrected chi connectivity index (χ4v) is 5.96. The van der Waals surface area contributed by atoms with E-state index in [-0.39, 0.29) is 42.4 Å². The van der Waals surface area contributed by atoms with Crippen molar-refractivity contribution in [2.75, 3.05) is 32.8 Å². The fraction of sp³-hybridized carbons (Fsp3) is 0.412. The van der Waals surface area contributed by atoms with Crippen LogP contribution in [0.2, 0.25) is 0 Å². The van der Waals surface area contributed by atoms with Crippen LogP contribution in [-0.4, -0.2) is 66.8 Å². The molecule has 0 bridgehead atoms. The van der Waals surface area contributed by atoms with E-state index in [0.717, 1.165) is 24.3 Å². The maximum Gasteiger partial charge on any atom is 0.416 e. The minimum absolute atomic E-state index is 0. The Kier molecular flexibility index (Phi) is 11.7. The smallest absolute Gasteiger partial charge is 0.390 e. The molecule has 5 rings (SSSR count). The summed E-state index contributed by atoms with van der Waals surface area (Å²) in [7, 11) is 0. The minimum Gasteiger partial charge on any atom is -0.390 e. The van der Waals surface area contributed by atoms with Gasteiger partial charge in [0.05, 0.1) is 24.3 Å². The molecule has 0 saturated heterocycles. The summed E-state index contributed by atoms with van der Waals surface area (Å²) < 4.78 is 73.5. The van der Waals surface area contributed by atoms with Gasteiger partial charge >= 0.3 is 6.18 Å². The highest BCUT2D eigenvalue weighted by Crippen LogP contribution is 2.46. The molecule has 2 amide bonds. The Balaban J connectivity index is 0.00000500. The van der Waals surface area contributed by atoms with Crippen molar-refractivity contribution in [3.05, 3.63) is 106 Å². The number of carbonyl (C=O) groups excluding carboxylic acids is 2. The van der Waals surface area contributed by atoms with Gasteiger partial charge in [-0.05, 0) is 85.7 Å². The van der Waals surface area contributed by atoms with Crippen LogP contribution < -0.4 is 10.6 Å². The minimum atomic E-state index is -4.51. The molecule has 13 heteroatoms. The van der Waals surface area contributed by atoms with Crippen LogP contribution in [0.25, 0.3) is 0 Å². The van der Waals surface area contributed by atoms with Crippen molar-refractivity contribution in [2.45, 2.75) is 56.5 Å². The van der Waals surface area contributed by atoms with Gasteiger partial charge < -0.3 is 25.4 Å². The molecule has 1 aliphatic carbocycles. The van der Waals surface area contributed by atoms with E-state index in [9.17, 15) is 36.6 Å². The summed E-state index contributed by atoms with van der Waals surface area (Å²) in [5.74, 6) is -2.44. The van der Waals surface area contributed by atoms with Gasteiger partial charge in [0, 0.05) is 49.0 Å². The quantitative estimate of drug-likeness (QED) is 0.166.